The number of nitrogens with zero attached hydrogens (tertiary/aromatic N) is 1. The number of benzene rings is 1. The van der Waals surface area contributed by atoms with E-state index >= 15 is 0 Å². The van der Waals surface area contributed by atoms with E-state index < -0.39 is 0 Å². The van der Waals surface area contributed by atoms with Crippen molar-refractivity contribution in [2.45, 2.75) is 39.3 Å². The fourth-order valence-corrected chi connectivity index (χ4v) is 2.76. The second kappa shape index (κ2) is 11.0. The van der Waals surface area contributed by atoms with E-state index in [9.17, 15) is 4.79 Å². The van der Waals surface area contributed by atoms with Gasteiger partial charge in [-0.1, -0.05) is 18.6 Å². The molecule has 3 rings (SSSR count). The first-order chi connectivity index (χ1) is 12.7. The molecule has 1 aliphatic rings. The summed E-state index contributed by atoms with van der Waals surface area (Å²) < 4.78 is 5.33. The van der Waals surface area contributed by atoms with Crippen LogP contribution in [-0.2, 0) is 17.9 Å². The van der Waals surface area contributed by atoms with Gasteiger partial charge in [0.1, 0.15) is 5.76 Å². The number of anilines is 1. The normalized spacial score (nSPS) is 14.0. The molecule has 0 saturated heterocycles. The van der Waals surface area contributed by atoms with Gasteiger partial charge in [0.25, 0.3) is 0 Å². The van der Waals surface area contributed by atoms with E-state index in [1.165, 1.54) is 0 Å². The lowest BCUT2D eigenvalue weighted by molar-refractivity contribution is -0.122. The van der Waals surface area contributed by atoms with Gasteiger partial charge < -0.3 is 20.4 Å². The number of hydrogen-bond acceptors (Lipinski definition) is 3. The quantitative estimate of drug-likeness (QED) is 0.318. The fourth-order valence-electron chi connectivity index (χ4n) is 2.76. The van der Waals surface area contributed by atoms with Crippen molar-refractivity contribution in [3.05, 3.63) is 54.0 Å². The zero-order valence-corrected chi connectivity index (χ0v) is 17.9. The van der Waals surface area contributed by atoms with Crippen molar-refractivity contribution < 1.29 is 9.21 Å². The Hall–Kier alpha value is -2.03. The molecule has 27 heavy (non-hydrogen) atoms. The molecule has 146 valence electrons. The van der Waals surface area contributed by atoms with Crippen LogP contribution in [0.3, 0.4) is 0 Å². The molecule has 2 aromatic rings. The summed E-state index contributed by atoms with van der Waals surface area (Å²) in [5, 5.41) is 9.48. The van der Waals surface area contributed by atoms with Crippen LogP contribution in [0.2, 0.25) is 0 Å². The summed E-state index contributed by atoms with van der Waals surface area (Å²) in [6.07, 6.45) is 4.82. The van der Waals surface area contributed by atoms with Gasteiger partial charge in [-0.15, -0.1) is 24.0 Å². The van der Waals surface area contributed by atoms with Crippen LogP contribution in [0, 0.1) is 5.92 Å². The van der Waals surface area contributed by atoms with E-state index in [1.54, 1.807) is 6.26 Å². The number of amides is 1. The van der Waals surface area contributed by atoms with E-state index in [2.05, 4.69) is 20.9 Å². The third-order valence-electron chi connectivity index (χ3n) is 4.44. The Balaban J connectivity index is 0.00000261. The molecule has 3 N–H and O–H groups in total. The molecule has 0 aliphatic heterocycles. The molecule has 0 radical (unpaired) electrons. The van der Waals surface area contributed by atoms with Gasteiger partial charge in [-0.25, -0.2) is 4.99 Å². The molecule has 1 fully saturated rings. The van der Waals surface area contributed by atoms with Crippen molar-refractivity contribution in [3.8, 4) is 0 Å². The lowest BCUT2D eigenvalue weighted by Gasteiger charge is -2.24. The van der Waals surface area contributed by atoms with Gasteiger partial charge in [-0.2, -0.15) is 0 Å². The third-order valence-corrected chi connectivity index (χ3v) is 4.44. The topological polar surface area (TPSA) is 78.7 Å². The minimum Gasteiger partial charge on any atom is -0.467 e. The molecule has 1 heterocycles. The van der Waals surface area contributed by atoms with Crippen molar-refractivity contribution in [3.63, 3.8) is 0 Å². The first-order valence-corrected chi connectivity index (χ1v) is 9.19. The summed E-state index contributed by atoms with van der Waals surface area (Å²) in [6, 6.07) is 11.7. The van der Waals surface area contributed by atoms with E-state index in [-0.39, 0.29) is 35.8 Å². The largest absolute Gasteiger partial charge is 0.467 e. The summed E-state index contributed by atoms with van der Waals surface area (Å²) in [5.41, 5.74) is 1.88. The summed E-state index contributed by atoms with van der Waals surface area (Å²) in [6.45, 7) is 3.92. The van der Waals surface area contributed by atoms with Gasteiger partial charge >= 0.3 is 0 Å². The average molecular weight is 482 g/mol. The lowest BCUT2D eigenvalue weighted by Crippen LogP contribution is -2.36. The number of nitrogens with one attached hydrogen (secondary N) is 3. The second-order valence-corrected chi connectivity index (χ2v) is 6.45. The fraction of sp³-hybridized carbons (Fsp3) is 0.400. The Morgan fingerprint density at radius 1 is 1.22 bits per heavy atom. The van der Waals surface area contributed by atoms with Crippen molar-refractivity contribution in [2.24, 2.45) is 10.9 Å². The molecule has 1 amide bonds. The molecule has 1 saturated carbocycles. The van der Waals surface area contributed by atoms with E-state index in [0.29, 0.717) is 13.1 Å². The number of halogens is 1. The first-order valence-electron chi connectivity index (χ1n) is 9.19. The number of rotatable bonds is 7. The van der Waals surface area contributed by atoms with E-state index in [4.69, 9.17) is 4.42 Å². The van der Waals surface area contributed by atoms with Gasteiger partial charge in [0.15, 0.2) is 5.96 Å². The molecule has 6 nitrogen and oxygen atoms in total. The molecular weight excluding hydrogens is 455 g/mol. The number of carbonyl (C=O) groups is 1. The van der Waals surface area contributed by atoms with Crippen LogP contribution >= 0.6 is 24.0 Å². The number of guanidine groups is 1. The monoisotopic (exact) mass is 482 g/mol. The summed E-state index contributed by atoms with van der Waals surface area (Å²) >= 11 is 0. The SMILES string of the molecule is CCNC(=NCc1cccc(NC(=O)C2CCC2)c1)NCc1ccco1.I. The maximum atomic E-state index is 12.1. The molecule has 0 spiro atoms. The van der Waals surface area contributed by atoms with Crippen LogP contribution in [0.1, 0.15) is 37.5 Å². The van der Waals surface area contributed by atoms with Gasteiger partial charge in [0.05, 0.1) is 19.4 Å². The highest BCUT2D eigenvalue weighted by Crippen LogP contribution is 2.27. The third kappa shape index (κ3) is 6.57. The number of hydrogen-bond donors (Lipinski definition) is 3. The van der Waals surface area contributed by atoms with Crippen LogP contribution in [0.5, 0.6) is 0 Å². The Labute approximate surface area is 177 Å². The Morgan fingerprint density at radius 2 is 2.07 bits per heavy atom. The van der Waals surface area contributed by atoms with Gasteiger partial charge in [0.2, 0.25) is 5.91 Å². The van der Waals surface area contributed by atoms with Gasteiger partial charge in [0, 0.05) is 18.2 Å². The lowest BCUT2D eigenvalue weighted by atomic mass is 9.85. The molecule has 1 aromatic carbocycles. The van der Waals surface area contributed by atoms with Crippen LogP contribution in [0.4, 0.5) is 5.69 Å². The molecule has 0 atom stereocenters. The van der Waals surface area contributed by atoms with Crippen LogP contribution < -0.4 is 16.0 Å². The Bertz CT molecular complexity index is 742. The minimum atomic E-state index is 0. The van der Waals surface area contributed by atoms with Crippen LogP contribution in [0.25, 0.3) is 0 Å². The highest BCUT2D eigenvalue weighted by molar-refractivity contribution is 14.0. The first kappa shape index (κ1) is 21.3. The number of carbonyl (C=O) groups excluding carboxylic acids is 1. The van der Waals surface area contributed by atoms with Crippen LogP contribution in [0.15, 0.2) is 52.1 Å². The Morgan fingerprint density at radius 3 is 2.74 bits per heavy atom. The Kier molecular flexibility index (Phi) is 8.63. The van der Waals surface area contributed by atoms with Crippen molar-refractivity contribution in [1.82, 2.24) is 10.6 Å². The van der Waals surface area contributed by atoms with Crippen molar-refractivity contribution in [2.75, 3.05) is 11.9 Å². The summed E-state index contributed by atoms with van der Waals surface area (Å²) in [5.74, 6) is 1.90. The molecule has 0 unspecified atom stereocenters. The van der Waals surface area contributed by atoms with Crippen molar-refractivity contribution >= 4 is 41.5 Å². The minimum absolute atomic E-state index is 0. The summed E-state index contributed by atoms with van der Waals surface area (Å²) in [7, 11) is 0. The average Bonchev–Trinajstić information content (AvgIpc) is 3.09. The van der Waals surface area contributed by atoms with Crippen molar-refractivity contribution in [1.29, 1.82) is 0 Å². The van der Waals surface area contributed by atoms with Gasteiger partial charge in [-0.05, 0) is 49.6 Å². The summed E-state index contributed by atoms with van der Waals surface area (Å²) in [4.78, 5) is 16.7. The molecular formula is C20H27IN4O2. The number of furan rings is 1. The molecule has 1 aromatic heterocycles. The molecule has 1 aliphatic carbocycles. The van der Waals surface area contributed by atoms with Crippen LogP contribution in [-0.4, -0.2) is 18.4 Å². The zero-order chi connectivity index (χ0) is 18.2. The number of aliphatic imine (C=N–C) groups is 1. The highest BCUT2D eigenvalue weighted by Gasteiger charge is 2.25. The maximum Gasteiger partial charge on any atom is 0.227 e. The maximum absolute atomic E-state index is 12.1. The van der Waals surface area contributed by atoms with E-state index in [1.807, 2.05) is 43.3 Å². The highest BCUT2D eigenvalue weighted by atomic mass is 127. The molecule has 0 bridgehead atoms. The van der Waals surface area contributed by atoms with E-state index in [0.717, 1.165) is 48.8 Å². The predicted molar refractivity (Wildman–Crippen MR) is 118 cm³/mol. The molecule has 7 heteroatoms. The smallest absolute Gasteiger partial charge is 0.227 e. The standard InChI is InChI=1S/C20H26N4O2.HI/c1-2-21-20(23-14-18-10-5-11-26-18)22-13-15-6-3-9-17(12-15)24-19(25)16-7-4-8-16;/h3,5-6,9-12,16H,2,4,7-8,13-14H2,1H3,(H,24,25)(H2,21,22,23);1H. The predicted octanol–water partition coefficient (Wildman–Crippen LogP) is 3.89. The zero-order valence-electron chi connectivity index (χ0n) is 15.5. The second-order valence-electron chi connectivity index (χ2n) is 6.45. The van der Waals surface area contributed by atoms with Gasteiger partial charge in [-0.3, -0.25) is 4.79 Å².